The van der Waals surface area contributed by atoms with Crippen molar-refractivity contribution in [3.8, 4) is 0 Å². The summed E-state index contributed by atoms with van der Waals surface area (Å²) in [5.74, 6) is -1.59. The Balaban J connectivity index is 2.13. The number of nitrogens with zero attached hydrogens (tertiary/aromatic N) is 3. The first kappa shape index (κ1) is 31.0. The molecule has 2 saturated heterocycles. The summed E-state index contributed by atoms with van der Waals surface area (Å²) in [5.41, 5.74) is -0.297. The minimum atomic E-state index is -1.57. The molecule has 0 aliphatic carbocycles. The van der Waals surface area contributed by atoms with Gasteiger partial charge < -0.3 is 24.2 Å². The molecule has 5 atom stereocenters. The number of anilines is 2. The van der Waals surface area contributed by atoms with Crippen LogP contribution in [0.2, 0.25) is 0 Å². The van der Waals surface area contributed by atoms with Crippen LogP contribution in [-0.2, 0) is 23.9 Å². The standard InChI is InChI=1S/C32H44N3O5P/c1-30(2,3)41-25(21-11-15-23(16-12-21)33(4)5)31(28(37)39-9)19-35(8)20-32(27(31)36,29(38)40-10)26(41)22-13-17-24(18-14-22)34(6)7/h11-18,25-26H,19-20H2,1-10H3/t25-,26+,31-,32-,41?/m1/s1. The number of methoxy groups -OCH3 is 2. The third-order valence-corrected chi connectivity index (χ3v) is 12.8. The summed E-state index contributed by atoms with van der Waals surface area (Å²) >= 11 is 0. The molecule has 0 saturated carbocycles. The number of hydrogen-bond donors (Lipinski definition) is 0. The van der Waals surface area contributed by atoms with Crippen molar-refractivity contribution in [1.29, 1.82) is 0 Å². The Morgan fingerprint density at radius 1 is 0.780 bits per heavy atom. The highest BCUT2D eigenvalue weighted by molar-refractivity contribution is 7.60. The van der Waals surface area contributed by atoms with Gasteiger partial charge >= 0.3 is 11.9 Å². The third kappa shape index (κ3) is 4.83. The molecule has 2 fully saturated rings. The number of benzene rings is 2. The molecule has 9 heteroatoms. The van der Waals surface area contributed by atoms with Gasteiger partial charge in [-0.1, -0.05) is 53.0 Å². The topological polar surface area (TPSA) is 79.4 Å². The van der Waals surface area contributed by atoms with E-state index in [1.807, 2.05) is 98.5 Å². The number of piperidine rings is 1. The fraction of sp³-hybridized carbons (Fsp3) is 0.531. The minimum Gasteiger partial charge on any atom is -0.468 e. The molecule has 2 bridgehead atoms. The summed E-state index contributed by atoms with van der Waals surface area (Å²) in [4.78, 5) is 49.3. The number of rotatable bonds is 6. The average Bonchev–Trinajstić information content (AvgIpc) is 2.92. The molecule has 41 heavy (non-hydrogen) atoms. The maximum Gasteiger partial charge on any atom is 0.321 e. The van der Waals surface area contributed by atoms with Gasteiger partial charge in [0, 0.05) is 64.0 Å². The van der Waals surface area contributed by atoms with Gasteiger partial charge in [0.2, 0.25) is 0 Å². The highest BCUT2D eigenvalue weighted by Gasteiger charge is 2.76. The van der Waals surface area contributed by atoms with Crippen LogP contribution in [0.25, 0.3) is 0 Å². The zero-order valence-electron chi connectivity index (χ0n) is 26.0. The summed E-state index contributed by atoms with van der Waals surface area (Å²) in [6, 6.07) is 16.2. The molecule has 2 aromatic carbocycles. The SMILES string of the molecule is COC(=O)[C@@]12CN(C)C[C@](C(=O)OC)(C1=O)[C@@H](c1ccc(N(C)C)cc1)P(C(C)(C)C)[C@H]2c1ccc(N(C)C)cc1. The summed E-state index contributed by atoms with van der Waals surface area (Å²) < 4.78 is 10.9. The molecule has 0 N–H and O–H groups in total. The van der Waals surface area contributed by atoms with E-state index in [9.17, 15) is 9.59 Å². The van der Waals surface area contributed by atoms with Crippen LogP contribution in [0.4, 0.5) is 11.4 Å². The fourth-order valence-electron chi connectivity index (χ4n) is 6.97. The molecular formula is C32H44N3O5P. The monoisotopic (exact) mass is 581 g/mol. The van der Waals surface area contributed by atoms with Crippen molar-refractivity contribution in [3.05, 3.63) is 59.7 Å². The second-order valence-electron chi connectivity index (χ2n) is 12.8. The Kier molecular flexibility index (Phi) is 8.34. The molecule has 8 nitrogen and oxygen atoms in total. The van der Waals surface area contributed by atoms with Crippen LogP contribution in [-0.4, -0.2) is 90.3 Å². The van der Waals surface area contributed by atoms with Crippen LogP contribution in [0, 0.1) is 10.8 Å². The van der Waals surface area contributed by atoms with Crippen LogP contribution in [0.1, 0.15) is 43.2 Å². The molecule has 0 aromatic heterocycles. The smallest absolute Gasteiger partial charge is 0.321 e. The van der Waals surface area contributed by atoms with Crippen molar-refractivity contribution in [2.45, 2.75) is 37.2 Å². The number of esters is 2. The Hall–Kier alpha value is -2.96. The van der Waals surface area contributed by atoms with Crippen LogP contribution in [0.5, 0.6) is 0 Å². The number of carbonyl (C=O) groups excluding carboxylic acids is 3. The zero-order valence-corrected chi connectivity index (χ0v) is 26.9. The highest BCUT2D eigenvalue weighted by atomic mass is 31.1. The Bertz CT molecular complexity index is 1210. The van der Waals surface area contributed by atoms with Gasteiger partial charge in [-0.25, -0.2) is 0 Å². The van der Waals surface area contributed by atoms with Crippen LogP contribution in [0.3, 0.4) is 0 Å². The van der Waals surface area contributed by atoms with Gasteiger partial charge in [-0.2, -0.15) is 0 Å². The summed E-state index contributed by atoms with van der Waals surface area (Å²) in [5, 5.41) is -0.361. The molecule has 1 unspecified atom stereocenters. The van der Waals surface area contributed by atoms with Crippen molar-refractivity contribution >= 4 is 37.0 Å². The first-order valence-electron chi connectivity index (χ1n) is 13.9. The van der Waals surface area contributed by atoms with E-state index in [1.165, 1.54) is 14.2 Å². The highest BCUT2D eigenvalue weighted by Crippen LogP contribution is 2.82. The first-order chi connectivity index (χ1) is 19.2. The lowest BCUT2D eigenvalue weighted by molar-refractivity contribution is -0.179. The number of Topliss-reactive ketones (excluding diaryl/α,β-unsaturated/α-hetero) is 1. The van der Waals surface area contributed by atoms with E-state index in [0.29, 0.717) is 0 Å². The Morgan fingerprint density at radius 3 is 1.39 bits per heavy atom. The van der Waals surface area contributed by atoms with E-state index >= 15 is 4.79 Å². The lowest BCUT2D eigenvalue weighted by Gasteiger charge is -2.63. The van der Waals surface area contributed by atoms with Crippen molar-refractivity contribution in [1.82, 2.24) is 4.90 Å². The number of hydrogen-bond acceptors (Lipinski definition) is 8. The second kappa shape index (κ2) is 11.0. The maximum atomic E-state index is 15.2. The van der Waals surface area contributed by atoms with E-state index in [2.05, 4.69) is 20.8 Å². The van der Waals surface area contributed by atoms with Gasteiger partial charge in [0.05, 0.1) is 14.2 Å². The fourth-order valence-corrected chi connectivity index (χ4v) is 11.4. The number of ketones is 1. The van der Waals surface area contributed by atoms with E-state index in [-0.39, 0.29) is 18.2 Å². The molecule has 2 heterocycles. The molecule has 4 rings (SSSR count). The van der Waals surface area contributed by atoms with Crippen molar-refractivity contribution in [2.75, 3.05) is 72.3 Å². The van der Waals surface area contributed by atoms with Crippen LogP contribution >= 0.6 is 7.92 Å². The molecule has 2 aromatic rings. The lowest BCUT2D eigenvalue weighted by atomic mass is 9.60. The van der Waals surface area contributed by atoms with E-state index in [0.717, 1.165) is 22.5 Å². The van der Waals surface area contributed by atoms with Gasteiger partial charge in [0.1, 0.15) is 0 Å². The second-order valence-corrected chi connectivity index (χ2v) is 16.0. The van der Waals surface area contributed by atoms with Gasteiger partial charge in [0.25, 0.3) is 0 Å². The van der Waals surface area contributed by atoms with Gasteiger partial charge in [-0.15, -0.1) is 0 Å². The maximum absolute atomic E-state index is 15.2. The zero-order chi connectivity index (χ0) is 30.5. The normalized spacial score (nSPS) is 28.1. The number of fused-ring (bicyclic) bond motifs is 2. The van der Waals surface area contributed by atoms with E-state index in [1.54, 1.807) is 0 Å². The van der Waals surface area contributed by atoms with Crippen molar-refractivity contribution < 1.29 is 23.9 Å². The summed E-state index contributed by atoms with van der Waals surface area (Å²) in [7, 11) is 11.2. The van der Waals surface area contributed by atoms with E-state index < -0.39 is 47.8 Å². The molecule has 0 spiro atoms. The molecule has 2 aliphatic rings. The molecule has 2 aliphatic heterocycles. The van der Waals surface area contributed by atoms with E-state index in [4.69, 9.17) is 9.47 Å². The van der Waals surface area contributed by atoms with Crippen molar-refractivity contribution in [3.63, 3.8) is 0 Å². The van der Waals surface area contributed by atoms with Crippen LogP contribution in [0.15, 0.2) is 48.5 Å². The summed E-state index contributed by atoms with van der Waals surface area (Å²) in [6.07, 6.45) is 0. The predicted octanol–water partition coefficient (Wildman–Crippen LogP) is 4.73. The van der Waals surface area contributed by atoms with Gasteiger partial charge in [0.15, 0.2) is 16.6 Å². The first-order valence-corrected chi connectivity index (χ1v) is 15.4. The lowest BCUT2D eigenvalue weighted by Crippen LogP contribution is -2.71. The molecular weight excluding hydrogens is 537 g/mol. The van der Waals surface area contributed by atoms with Gasteiger partial charge in [-0.3, -0.25) is 14.4 Å². The number of likely N-dealkylation sites (tertiary alicyclic amines) is 1. The molecule has 222 valence electrons. The van der Waals surface area contributed by atoms with Gasteiger partial charge in [-0.05, 0) is 47.6 Å². The third-order valence-electron chi connectivity index (χ3n) is 8.66. The largest absolute Gasteiger partial charge is 0.468 e. The molecule has 0 amide bonds. The number of ether oxygens (including phenoxy) is 2. The summed E-state index contributed by atoms with van der Waals surface area (Å²) in [6.45, 7) is 6.81. The average molecular weight is 582 g/mol. The quantitative estimate of drug-likeness (QED) is 0.275. The van der Waals surface area contributed by atoms with Crippen molar-refractivity contribution in [2.24, 2.45) is 10.8 Å². The minimum absolute atomic E-state index is 0.165. The molecule has 0 radical (unpaired) electrons. The predicted molar refractivity (Wildman–Crippen MR) is 165 cm³/mol. The number of carbonyl (C=O) groups is 3. The Labute approximate surface area is 245 Å². The van der Waals surface area contributed by atoms with Crippen LogP contribution < -0.4 is 9.80 Å². The Morgan fingerprint density at radius 2 is 1.12 bits per heavy atom.